The van der Waals surface area contributed by atoms with E-state index in [4.69, 9.17) is 10.2 Å². The molecule has 0 aliphatic rings. The van der Waals surface area contributed by atoms with E-state index in [-0.39, 0.29) is 12.1 Å². The fourth-order valence-corrected chi connectivity index (χ4v) is 2.78. The third-order valence-corrected chi connectivity index (χ3v) is 3.71. The Labute approximate surface area is 111 Å². The lowest BCUT2D eigenvalue weighted by Gasteiger charge is -2.28. The van der Waals surface area contributed by atoms with Crippen molar-refractivity contribution in [3.05, 3.63) is 40.2 Å². The van der Waals surface area contributed by atoms with E-state index in [1.165, 1.54) is 0 Å². The van der Waals surface area contributed by atoms with Gasteiger partial charge >= 0.3 is 0 Å². The highest BCUT2D eigenvalue weighted by molar-refractivity contribution is 7.09. The van der Waals surface area contributed by atoms with E-state index in [2.05, 4.69) is 15.3 Å². The van der Waals surface area contributed by atoms with Gasteiger partial charge in [0.15, 0.2) is 0 Å². The summed E-state index contributed by atoms with van der Waals surface area (Å²) in [7, 11) is 2.05. The minimum Gasteiger partial charge on any atom is -0.468 e. The molecular formula is C13H19N3OS. The predicted molar refractivity (Wildman–Crippen MR) is 73.4 cm³/mol. The third kappa shape index (κ3) is 2.98. The number of nitrogens with zero attached hydrogens (tertiary/aromatic N) is 2. The zero-order chi connectivity index (χ0) is 13.1. The Hall–Kier alpha value is -1.17. The molecule has 0 aliphatic carbocycles. The molecule has 2 unspecified atom stereocenters. The molecular weight excluding hydrogens is 246 g/mol. The Morgan fingerprint density at radius 2 is 2.33 bits per heavy atom. The first kappa shape index (κ1) is 13.3. The average Bonchev–Trinajstić information content (AvgIpc) is 2.90. The van der Waals surface area contributed by atoms with Crippen LogP contribution in [0.15, 0.2) is 28.2 Å². The summed E-state index contributed by atoms with van der Waals surface area (Å²) < 4.78 is 5.48. The first-order chi connectivity index (χ1) is 8.58. The largest absolute Gasteiger partial charge is 0.468 e. The van der Waals surface area contributed by atoms with Crippen molar-refractivity contribution in [2.45, 2.75) is 32.5 Å². The molecule has 98 valence electrons. The smallest absolute Gasteiger partial charge is 0.122 e. The summed E-state index contributed by atoms with van der Waals surface area (Å²) in [5, 5.41) is 3.18. The van der Waals surface area contributed by atoms with Crippen LogP contribution in [0.4, 0.5) is 0 Å². The first-order valence-electron chi connectivity index (χ1n) is 5.98. The summed E-state index contributed by atoms with van der Waals surface area (Å²) in [5.74, 6) is 0.902. The lowest BCUT2D eigenvalue weighted by molar-refractivity contribution is 0.182. The van der Waals surface area contributed by atoms with Gasteiger partial charge in [-0.3, -0.25) is 4.90 Å². The summed E-state index contributed by atoms with van der Waals surface area (Å²) in [5.41, 5.74) is 7.15. The SMILES string of the molecule is Cc1nc(CN(C)C(c2ccco2)C(C)N)cs1. The monoisotopic (exact) mass is 265 g/mol. The lowest BCUT2D eigenvalue weighted by Crippen LogP contribution is -2.36. The molecule has 0 aliphatic heterocycles. The summed E-state index contributed by atoms with van der Waals surface area (Å²) >= 11 is 1.67. The highest BCUT2D eigenvalue weighted by Gasteiger charge is 2.24. The molecule has 2 N–H and O–H groups in total. The molecule has 0 spiro atoms. The van der Waals surface area contributed by atoms with Gasteiger partial charge in [-0.25, -0.2) is 4.98 Å². The molecule has 2 rings (SSSR count). The Morgan fingerprint density at radius 3 is 2.83 bits per heavy atom. The average molecular weight is 265 g/mol. The van der Waals surface area contributed by atoms with E-state index in [1.54, 1.807) is 17.6 Å². The van der Waals surface area contributed by atoms with Crippen molar-refractivity contribution in [3.8, 4) is 0 Å². The number of hydrogen-bond donors (Lipinski definition) is 1. The molecule has 2 aromatic rings. The second-order valence-electron chi connectivity index (χ2n) is 4.59. The summed E-state index contributed by atoms with van der Waals surface area (Å²) in [4.78, 5) is 6.66. The molecule has 0 amide bonds. The number of furan rings is 1. The Bertz CT molecular complexity index is 478. The number of thiazole rings is 1. The van der Waals surface area contributed by atoms with Crippen LogP contribution >= 0.6 is 11.3 Å². The van der Waals surface area contributed by atoms with Crippen LogP contribution in [0.2, 0.25) is 0 Å². The number of aromatic nitrogens is 1. The van der Waals surface area contributed by atoms with Crippen molar-refractivity contribution in [1.29, 1.82) is 0 Å². The molecule has 2 heterocycles. The molecule has 4 nitrogen and oxygen atoms in total. The third-order valence-electron chi connectivity index (χ3n) is 2.89. The summed E-state index contributed by atoms with van der Waals surface area (Å²) in [6.07, 6.45) is 1.69. The fraction of sp³-hybridized carbons (Fsp3) is 0.462. The van der Waals surface area contributed by atoms with Gasteiger partial charge in [0.05, 0.1) is 23.0 Å². The van der Waals surface area contributed by atoms with E-state index in [9.17, 15) is 0 Å². The molecule has 0 aromatic carbocycles. The number of rotatable bonds is 5. The van der Waals surface area contributed by atoms with Crippen molar-refractivity contribution in [2.24, 2.45) is 5.73 Å². The number of hydrogen-bond acceptors (Lipinski definition) is 5. The van der Waals surface area contributed by atoms with Crippen LogP contribution in [0.5, 0.6) is 0 Å². The van der Waals surface area contributed by atoms with E-state index in [1.807, 2.05) is 33.0 Å². The van der Waals surface area contributed by atoms with Crippen LogP contribution in [0.3, 0.4) is 0 Å². The van der Waals surface area contributed by atoms with Gasteiger partial charge in [-0.05, 0) is 33.0 Å². The Balaban J connectivity index is 2.11. The first-order valence-corrected chi connectivity index (χ1v) is 6.86. The van der Waals surface area contributed by atoms with Crippen LogP contribution < -0.4 is 5.73 Å². The molecule has 0 saturated heterocycles. The van der Waals surface area contributed by atoms with Gasteiger partial charge in [-0.1, -0.05) is 0 Å². The van der Waals surface area contributed by atoms with E-state index >= 15 is 0 Å². The van der Waals surface area contributed by atoms with Crippen molar-refractivity contribution < 1.29 is 4.42 Å². The minimum atomic E-state index is 0.000817. The maximum absolute atomic E-state index is 6.07. The van der Waals surface area contributed by atoms with Crippen LogP contribution in [0.1, 0.15) is 29.4 Å². The highest BCUT2D eigenvalue weighted by atomic mass is 32.1. The van der Waals surface area contributed by atoms with E-state index in [0.29, 0.717) is 0 Å². The standard InChI is InChI=1S/C13H19N3OS/c1-9(14)13(12-5-4-6-17-12)16(3)7-11-8-18-10(2)15-11/h4-6,8-9,13H,7,14H2,1-3H3. The summed E-state index contributed by atoms with van der Waals surface area (Å²) in [6.45, 7) is 4.79. The normalized spacial score (nSPS) is 14.9. The van der Waals surface area contributed by atoms with E-state index in [0.717, 1.165) is 23.0 Å². The number of aryl methyl sites for hydroxylation is 1. The van der Waals surface area contributed by atoms with Gasteiger partial charge in [0.2, 0.25) is 0 Å². The molecule has 0 fully saturated rings. The van der Waals surface area contributed by atoms with Crippen molar-refractivity contribution in [2.75, 3.05) is 7.05 Å². The zero-order valence-corrected chi connectivity index (χ0v) is 11.8. The van der Waals surface area contributed by atoms with Gasteiger partial charge in [0, 0.05) is 18.0 Å². The predicted octanol–water partition coefficient (Wildman–Crippen LogP) is 2.56. The molecule has 5 heteroatoms. The highest BCUT2D eigenvalue weighted by Crippen LogP contribution is 2.24. The van der Waals surface area contributed by atoms with Gasteiger partial charge in [0.1, 0.15) is 5.76 Å². The molecule has 2 atom stereocenters. The summed E-state index contributed by atoms with van der Waals surface area (Å²) in [6, 6.07) is 3.94. The topological polar surface area (TPSA) is 55.3 Å². The maximum atomic E-state index is 6.07. The van der Waals surface area contributed by atoms with Crippen LogP contribution in [-0.4, -0.2) is 23.0 Å². The van der Waals surface area contributed by atoms with Crippen molar-refractivity contribution >= 4 is 11.3 Å². The van der Waals surface area contributed by atoms with Crippen LogP contribution in [-0.2, 0) is 6.54 Å². The molecule has 2 aromatic heterocycles. The minimum absolute atomic E-state index is 0.000817. The van der Waals surface area contributed by atoms with Gasteiger partial charge in [0.25, 0.3) is 0 Å². The van der Waals surface area contributed by atoms with Gasteiger partial charge < -0.3 is 10.2 Å². The Morgan fingerprint density at radius 1 is 1.56 bits per heavy atom. The number of nitrogens with two attached hydrogens (primary N) is 1. The van der Waals surface area contributed by atoms with Crippen LogP contribution in [0, 0.1) is 6.92 Å². The lowest BCUT2D eigenvalue weighted by atomic mass is 10.1. The maximum Gasteiger partial charge on any atom is 0.122 e. The van der Waals surface area contributed by atoms with Crippen molar-refractivity contribution in [3.63, 3.8) is 0 Å². The molecule has 18 heavy (non-hydrogen) atoms. The molecule has 0 radical (unpaired) electrons. The quantitative estimate of drug-likeness (QED) is 0.902. The van der Waals surface area contributed by atoms with Crippen molar-refractivity contribution in [1.82, 2.24) is 9.88 Å². The van der Waals surface area contributed by atoms with Gasteiger partial charge in [-0.2, -0.15) is 0 Å². The second-order valence-corrected chi connectivity index (χ2v) is 5.65. The van der Waals surface area contributed by atoms with Gasteiger partial charge in [-0.15, -0.1) is 11.3 Å². The zero-order valence-electron chi connectivity index (χ0n) is 11.0. The molecule has 0 bridgehead atoms. The second kappa shape index (κ2) is 5.65. The fourth-order valence-electron chi connectivity index (χ4n) is 2.17. The Kier molecular flexibility index (Phi) is 4.16. The van der Waals surface area contributed by atoms with Crippen LogP contribution in [0.25, 0.3) is 0 Å². The molecule has 0 saturated carbocycles. The van der Waals surface area contributed by atoms with E-state index < -0.39 is 0 Å². The number of likely N-dealkylation sites (N-methyl/N-ethyl adjacent to an activating group) is 1.